The number of thiazole rings is 1. The van der Waals surface area contributed by atoms with E-state index in [1.165, 1.54) is 24.2 Å². The van der Waals surface area contributed by atoms with Crippen molar-refractivity contribution in [1.29, 1.82) is 0 Å². The highest BCUT2D eigenvalue weighted by molar-refractivity contribution is 7.17. The molecular formula is C14H23N3OS. The first-order valence-corrected chi connectivity index (χ1v) is 8.05. The minimum atomic E-state index is 0.143. The summed E-state index contributed by atoms with van der Waals surface area (Å²) in [5.41, 5.74) is 6.60. The van der Waals surface area contributed by atoms with Gasteiger partial charge in [-0.1, -0.05) is 38.0 Å². The maximum Gasteiger partial charge on any atom is 0.266 e. The average molecular weight is 281 g/mol. The zero-order valence-electron chi connectivity index (χ0n) is 11.8. The number of hydrogen-bond acceptors (Lipinski definition) is 4. The normalized spacial score (nSPS) is 19.1. The molecule has 4 nitrogen and oxygen atoms in total. The van der Waals surface area contributed by atoms with Gasteiger partial charge in [-0.25, -0.2) is 4.98 Å². The highest BCUT2D eigenvalue weighted by Crippen LogP contribution is 2.28. The van der Waals surface area contributed by atoms with E-state index in [1.807, 2.05) is 11.8 Å². The molecule has 0 saturated carbocycles. The molecule has 1 aromatic rings. The average Bonchev–Trinajstić information content (AvgIpc) is 3.01. The van der Waals surface area contributed by atoms with Crippen LogP contribution in [0.15, 0.2) is 0 Å². The SMILES string of the molecule is CCCC[C@@H]1CCCN1C(=O)c1sc(N)nc1CC. The molecule has 0 spiro atoms. The van der Waals surface area contributed by atoms with Crippen molar-refractivity contribution < 1.29 is 4.79 Å². The van der Waals surface area contributed by atoms with Crippen molar-refractivity contribution in [2.24, 2.45) is 0 Å². The van der Waals surface area contributed by atoms with Gasteiger partial charge in [-0.2, -0.15) is 0 Å². The minimum Gasteiger partial charge on any atom is -0.375 e. The van der Waals surface area contributed by atoms with Crippen LogP contribution in [-0.4, -0.2) is 28.4 Å². The van der Waals surface area contributed by atoms with E-state index >= 15 is 0 Å². The third-order valence-corrected chi connectivity index (χ3v) is 4.69. The molecule has 1 aliphatic heterocycles. The van der Waals surface area contributed by atoms with Crippen LogP contribution in [0.1, 0.15) is 61.3 Å². The number of aryl methyl sites for hydroxylation is 1. The number of nitrogens with two attached hydrogens (primary N) is 1. The molecule has 1 atom stereocenters. The first kappa shape index (κ1) is 14.3. The minimum absolute atomic E-state index is 0.143. The molecule has 0 radical (unpaired) electrons. The fourth-order valence-electron chi connectivity index (χ4n) is 2.75. The summed E-state index contributed by atoms with van der Waals surface area (Å²) in [5, 5.41) is 0.504. The molecule has 0 aromatic carbocycles. The van der Waals surface area contributed by atoms with E-state index in [2.05, 4.69) is 11.9 Å². The van der Waals surface area contributed by atoms with Gasteiger partial charge in [-0.15, -0.1) is 0 Å². The maximum atomic E-state index is 12.7. The molecule has 19 heavy (non-hydrogen) atoms. The lowest BCUT2D eigenvalue weighted by Gasteiger charge is -2.24. The Morgan fingerprint density at radius 3 is 3.00 bits per heavy atom. The molecule has 106 valence electrons. The monoisotopic (exact) mass is 281 g/mol. The van der Waals surface area contributed by atoms with Crippen LogP contribution in [-0.2, 0) is 6.42 Å². The van der Waals surface area contributed by atoms with Gasteiger partial charge in [0, 0.05) is 12.6 Å². The van der Waals surface area contributed by atoms with Crippen molar-refractivity contribution in [3.8, 4) is 0 Å². The van der Waals surface area contributed by atoms with E-state index < -0.39 is 0 Å². The molecule has 2 N–H and O–H groups in total. The number of likely N-dealkylation sites (tertiary alicyclic amines) is 1. The second kappa shape index (κ2) is 6.37. The van der Waals surface area contributed by atoms with E-state index in [4.69, 9.17) is 5.73 Å². The van der Waals surface area contributed by atoms with Gasteiger partial charge in [0.05, 0.1) is 5.69 Å². The third kappa shape index (κ3) is 3.08. The first-order chi connectivity index (χ1) is 9.17. The molecule has 1 amide bonds. The second-order valence-corrected chi connectivity index (χ2v) is 6.15. The van der Waals surface area contributed by atoms with Crippen LogP contribution in [0.25, 0.3) is 0 Å². The number of nitrogen functional groups attached to an aromatic ring is 1. The highest BCUT2D eigenvalue weighted by atomic mass is 32.1. The number of amides is 1. The van der Waals surface area contributed by atoms with Crippen molar-refractivity contribution in [2.45, 2.75) is 58.4 Å². The molecule has 2 rings (SSSR count). The van der Waals surface area contributed by atoms with Crippen LogP contribution in [0.4, 0.5) is 5.13 Å². The molecule has 1 saturated heterocycles. The van der Waals surface area contributed by atoms with E-state index in [0.717, 1.165) is 42.8 Å². The molecule has 5 heteroatoms. The second-order valence-electron chi connectivity index (χ2n) is 5.12. The predicted molar refractivity (Wildman–Crippen MR) is 79.5 cm³/mol. The summed E-state index contributed by atoms with van der Waals surface area (Å²) in [6.07, 6.45) is 6.53. The van der Waals surface area contributed by atoms with Crippen molar-refractivity contribution in [3.05, 3.63) is 10.6 Å². The summed E-state index contributed by atoms with van der Waals surface area (Å²) < 4.78 is 0. The fraction of sp³-hybridized carbons (Fsp3) is 0.714. The zero-order chi connectivity index (χ0) is 13.8. The number of nitrogens with zero attached hydrogens (tertiary/aromatic N) is 2. The predicted octanol–water partition coefficient (Wildman–Crippen LogP) is 3.08. The molecule has 1 aliphatic rings. The van der Waals surface area contributed by atoms with E-state index in [0.29, 0.717) is 11.2 Å². The van der Waals surface area contributed by atoms with Crippen LogP contribution < -0.4 is 5.73 Å². The van der Waals surface area contributed by atoms with Crippen LogP contribution in [0.5, 0.6) is 0 Å². The topological polar surface area (TPSA) is 59.2 Å². The van der Waals surface area contributed by atoms with Crippen molar-refractivity contribution >= 4 is 22.4 Å². The van der Waals surface area contributed by atoms with Gasteiger partial charge in [-0.05, 0) is 25.7 Å². The fourth-order valence-corrected chi connectivity index (χ4v) is 3.63. The number of carbonyl (C=O) groups is 1. The van der Waals surface area contributed by atoms with Gasteiger partial charge in [0.25, 0.3) is 5.91 Å². The number of unbranched alkanes of at least 4 members (excludes halogenated alkanes) is 1. The Labute approximate surface area is 119 Å². The quantitative estimate of drug-likeness (QED) is 0.902. The van der Waals surface area contributed by atoms with E-state index in [1.54, 1.807) is 0 Å². The Morgan fingerprint density at radius 1 is 1.53 bits per heavy atom. The van der Waals surface area contributed by atoms with Crippen LogP contribution in [0.2, 0.25) is 0 Å². The number of aromatic nitrogens is 1. The summed E-state index contributed by atoms with van der Waals surface area (Å²) in [6, 6.07) is 0.417. The number of anilines is 1. The van der Waals surface area contributed by atoms with Gasteiger partial charge in [0.15, 0.2) is 5.13 Å². The number of carbonyl (C=O) groups excluding carboxylic acids is 1. The standard InChI is InChI=1S/C14H23N3OS/c1-3-5-7-10-8-6-9-17(10)13(18)12-11(4-2)16-14(15)19-12/h10H,3-9H2,1-2H3,(H2,15,16)/t10-/m1/s1. The summed E-state index contributed by atoms with van der Waals surface area (Å²) in [4.78, 5) is 19.7. The van der Waals surface area contributed by atoms with Crippen LogP contribution in [0.3, 0.4) is 0 Å². The maximum absolute atomic E-state index is 12.7. The van der Waals surface area contributed by atoms with Gasteiger partial charge in [-0.3, -0.25) is 4.79 Å². The number of hydrogen-bond donors (Lipinski definition) is 1. The summed E-state index contributed by atoms with van der Waals surface area (Å²) in [6.45, 7) is 5.10. The molecule has 2 heterocycles. The molecule has 0 aliphatic carbocycles. The summed E-state index contributed by atoms with van der Waals surface area (Å²) >= 11 is 1.34. The number of rotatable bonds is 5. The Hall–Kier alpha value is -1.10. The van der Waals surface area contributed by atoms with E-state index in [-0.39, 0.29) is 5.91 Å². The lowest BCUT2D eigenvalue weighted by Crippen LogP contribution is -2.35. The van der Waals surface area contributed by atoms with Gasteiger partial charge < -0.3 is 10.6 Å². The summed E-state index contributed by atoms with van der Waals surface area (Å²) in [5.74, 6) is 0.143. The van der Waals surface area contributed by atoms with Gasteiger partial charge >= 0.3 is 0 Å². The van der Waals surface area contributed by atoms with Gasteiger partial charge in [0.1, 0.15) is 4.88 Å². The molecule has 1 aromatic heterocycles. The summed E-state index contributed by atoms with van der Waals surface area (Å²) in [7, 11) is 0. The van der Waals surface area contributed by atoms with Gasteiger partial charge in [0.2, 0.25) is 0 Å². The zero-order valence-corrected chi connectivity index (χ0v) is 12.6. The Balaban J connectivity index is 2.13. The Kier molecular flexibility index (Phi) is 4.80. The first-order valence-electron chi connectivity index (χ1n) is 7.23. The molecule has 0 unspecified atom stereocenters. The van der Waals surface area contributed by atoms with Crippen molar-refractivity contribution in [3.63, 3.8) is 0 Å². The highest BCUT2D eigenvalue weighted by Gasteiger charge is 2.31. The van der Waals surface area contributed by atoms with Crippen molar-refractivity contribution in [1.82, 2.24) is 9.88 Å². The molecule has 1 fully saturated rings. The largest absolute Gasteiger partial charge is 0.375 e. The van der Waals surface area contributed by atoms with Crippen LogP contribution >= 0.6 is 11.3 Å². The molecule has 0 bridgehead atoms. The smallest absolute Gasteiger partial charge is 0.266 e. The Morgan fingerprint density at radius 2 is 2.32 bits per heavy atom. The third-order valence-electron chi connectivity index (χ3n) is 3.77. The van der Waals surface area contributed by atoms with Crippen molar-refractivity contribution in [2.75, 3.05) is 12.3 Å². The Bertz CT molecular complexity index is 444. The lowest BCUT2D eigenvalue weighted by atomic mass is 10.1. The van der Waals surface area contributed by atoms with E-state index in [9.17, 15) is 4.79 Å². The lowest BCUT2D eigenvalue weighted by molar-refractivity contribution is 0.0732. The van der Waals surface area contributed by atoms with Crippen LogP contribution in [0, 0.1) is 0 Å². The molecular weight excluding hydrogens is 258 g/mol.